The SMILES string of the molecule is Cc1cc(NC(=O)C(F)(F)C(F)F)ccc1O. The number of halogens is 4. The van der Waals surface area contributed by atoms with Crippen LogP contribution in [0.15, 0.2) is 18.2 Å². The van der Waals surface area contributed by atoms with E-state index in [-0.39, 0.29) is 11.4 Å². The van der Waals surface area contributed by atoms with Crippen molar-refractivity contribution in [1.82, 2.24) is 0 Å². The third-order valence-electron chi connectivity index (χ3n) is 2.03. The Bertz CT molecular complexity index is 434. The fourth-order valence-electron chi connectivity index (χ4n) is 1.05. The van der Waals surface area contributed by atoms with Crippen molar-refractivity contribution in [2.45, 2.75) is 19.3 Å². The van der Waals surface area contributed by atoms with Gasteiger partial charge in [0.25, 0.3) is 0 Å². The molecule has 94 valence electrons. The zero-order valence-corrected chi connectivity index (χ0v) is 8.68. The van der Waals surface area contributed by atoms with Gasteiger partial charge in [-0.15, -0.1) is 0 Å². The summed E-state index contributed by atoms with van der Waals surface area (Å²) in [6.45, 7) is 1.47. The normalized spacial score (nSPS) is 11.6. The first kappa shape index (κ1) is 13.3. The van der Waals surface area contributed by atoms with Crippen LogP contribution in [0.2, 0.25) is 0 Å². The molecule has 0 aromatic heterocycles. The van der Waals surface area contributed by atoms with Crippen molar-refractivity contribution < 1.29 is 27.5 Å². The van der Waals surface area contributed by atoms with E-state index in [1.165, 1.54) is 13.0 Å². The summed E-state index contributed by atoms with van der Waals surface area (Å²) >= 11 is 0. The number of alkyl halides is 4. The van der Waals surface area contributed by atoms with Crippen LogP contribution in [0.5, 0.6) is 5.75 Å². The fourth-order valence-corrected chi connectivity index (χ4v) is 1.05. The smallest absolute Gasteiger partial charge is 0.383 e. The van der Waals surface area contributed by atoms with Crippen molar-refractivity contribution in [2.24, 2.45) is 0 Å². The lowest BCUT2D eigenvalue weighted by atomic mass is 10.2. The van der Waals surface area contributed by atoms with Crippen LogP contribution in [-0.2, 0) is 4.79 Å². The summed E-state index contributed by atoms with van der Waals surface area (Å²) in [5, 5.41) is 10.8. The molecule has 2 N–H and O–H groups in total. The zero-order chi connectivity index (χ0) is 13.2. The summed E-state index contributed by atoms with van der Waals surface area (Å²) in [4.78, 5) is 10.9. The summed E-state index contributed by atoms with van der Waals surface area (Å²) in [6, 6.07) is 3.47. The molecule has 0 radical (unpaired) electrons. The number of hydrogen-bond acceptors (Lipinski definition) is 2. The molecule has 0 bridgehead atoms. The molecule has 0 fully saturated rings. The molecular weight excluding hydrogens is 242 g/mol. The molecule has 17 heavy (non-hydrogen) atoms. The number of aromatic hydroxyl groups is 1. The zero-order valence-electron chi connectivity index (χ0n) is 8.68. The molecule has 3 nitrogen and oxygen atoms in total. The Hall–Kier alpha value is -1.79. The van der Waals surface area contributed by atoms with Crippen molar-refractivity contribution in [3.05, 3.63) is 23.8 Å². The fraction of sp³-hybridized carbons (Fsp3) is 0.300. The summed E-state index contributed by atoms with van der Waals surface area (Å²) in [5.74, 6) is -6.92. The molecular formula is C10H9F4NO2. The molecule has 1 rings (SSSR count). The van der Waals surface area contributed by atoms with Crippen molar-refractivity contribution in [3.8, 4) is 5.75 Å². The predicted octanol–water partition coefficient (Wildman–Crippen LogP) is 2.54. The third-order valence-corrected chi connectivity index (χ3v) is 2.03. The van der Waals surface area contributed by atoms with Crippen LogP contribution in [0, 0.1) is 6.92 Å². The first-order valence-electron chi connectivity index (χ1n) is 4.52. The number of carbonyl (C=O) groups is 1. The highest BCUT2D eigenvalue weighted by atomic mass is 19.3. The molecule has 0 heterocycles. The number of benzene rings is 1. The van der Waals surface area contributed by atoms with Gasteiger partial charge in [-0.2, -0.15) is 8.78 Å². The summed E-state index contributed by atoms with van der Waals surface area (Å²) in [5.41, 5.74) is 0.230. The number of rotatable bonds is 3. The minimum absolute atomic E-state index is 0.0920. The standard InChI is InChI=1S/C10H9F4NO2/c1-5-4-6(2-3-7(5)16)15-9(17)10(13,14)8(11)12/h2-4,8,16H,1H3,(H,15,17). The number of anilines is 1. The molecule has 0 aliphatic rings. The summed E-state index contributed by atoms with van der Waals surface area (Å²) in [6.07, 6.45) is -4.07. The summed E-state index contributed by atoms with van der Waals surface area (Å²) < 4.78 is 48.9. The monoisotopic (exact) mass is 251 g/mol. The van der Waals surface area contributed by atoms with Crippen LogP contribution >= 0.6 is 0 Å². The van der Waals surface area contributed by atoms with Gasteiger partial charge >= 0.3 is 18.3 Å². The van der Waals surface area contributed by atoms with Crippen molar-refractivity contribution in [2.75, 3.05) is 5.32 Å². The maximum Gasteiger partial charge on any atom is 0.383 e. The Labute approximate surface area is 94.1 Å². The quantitative estimate of drug-likeness (QED) is 0.640. The van der Waals surface area contributed by atoms with Gasteiger partial charge in [-0.1, -0.05) is 0 Å². The van der Waals surface area contributed by atoms with Crippen LogP contribution in [0.1, 0.15) is 5.56 Å². The van der Waals surface area contributed by atoms with E-state index in [2.05, 4.69) is 0 Å². The average molecular weight is 251 g/mol. The predicted molar refractivity (Wildman–Crippen MR) is 52.4 cm³/mol. The number of phenols is 1. The average Bonchev–Trinajstić information content (AvgIpc) is 2.23. The maximum absolute atomic E-state index is 12.6. The number of phenolic OH excluding ortho intramolecular Hbond substituents is 1. The number of aryl methyl sites for hydroxylation is 1. The van der Waals surface area contributed by atoms with Crippen LogP contribution in [0.3, 0.4) is 0 Å². The second kappa shape index (κ2) is 4.60. The maximum atomic E-state index is 12.6. The lowest BCUT2D eigenvalue weighted by Gasteiger charge is -2.15. The second-order valence-corrected chi connectivity index (χ2v) is 3.38. The van der Waals surface area contributed by atoms with Crippen LogP contribution in [-0.4, -0.2) is 23.4 Å². The number of carbonyl (C=O) groups excluding carboxylic acids is 1. The van der Waals surface area contributed by atoms with Crippen LogP contribution in [0.25, 0.3) is 0 Å². The molecule has 0 aliphatic heterocycles. The highest BCUT2D eigenvalue weighted by Gasteiger charge is 2.48. The van der Waals surface area contributed by atoms with Crippen molar-refractivity contribution >= 4 is 11.6 Å². The Morgan fingerprint density at radius 2 is 2.00 bits per heavy atom. The van der Waals surface area contributed by atoms with Gasteiger partial charge in [0.15, 0.2) is 0 Å². The van der Waals surface area contributed by atoms with E-state index in [4.69, 9.17) is 5.11 Å². The molecule has 0 saturated heterocycles. The van der Waals surface area contributed by atoms with Crippen molar-refractivity contribution in [1.29, 1.82) is 0 Å². The van der Waals surface area contributed by atoms with E-state index in [0.29, 0.717) is 5.56 Å². The molecule has 1 amide bonds. The third kappa shape index (κ3) is 2.86. The Kier molecular flexibility index (Phi) is 3.59. The van der Waals surface area contributed by atoms with E-state index in [1.54, 1.807) is 5.32 Å². The highest BCUT2D eigenvalue weighted by Crippen LogP contribution is 2.26. The van der Waals surface area contributed by atoms with Crippen LogP contribution < -0.4 is 5.32 Å². The molecule has 0 spiro atoms. The first-order chi connectivity index (χ1) is 7.75. The Balaban J connectivity index is 2.85. The molecule has 0 aliphatic carbocycles. The Morgan fingerprint density at radius 1 is 1.41 bits per heavy atom. The number of amides is 1. The van der Waals surface area contributed by atoms with E-state index in [0.717, 1.165) is 12.1 Å². The molecule has 0 saturated carbocycles. The van der Waals surface area contributed by atoms with Gasteiger partial charge in [0.05, 0.1) is 0 Å². The molecule has 1 aromatic rings. The van der Waals surface area contributed by atoms with Gasteiger partial charge in [0.2, 0.25) is 0 Å². The molecule has 0 atom stereocenters. The highest BCUT2D eigenvalue weighted by molar-refractivity contribution is 5.96. The van der Waals surface area contributed by atoms with Gasteiger partial charge < -0.3 is 10.4 Å². The van der Waals surface area contributed by atoms with Gasteiger partial charge in [-0.05, 0) is 30.7 Å². The Morgan fingerprint density at radius 3 is 2.47 bits per heavy atom. The molecule has 7 heteroatoms. The first-order valence-corrected chi connectivity index (χ1v) is 4.52. The lowest BCUT2D eigenvalue weighted by Crippen LogP contribution is -2.40. The van der Waals surface area contributed by atoms with E-state index in [1.807, 2.05) is 0 Å². The number of nitrogens with one attached hydrogen (secondary N) is 1. The topological polar surface area (TPSA) is 49.3 Å². The molecule has 0 unspecified atom stereocenters. The van der Waals surface area contributed by atoms with Gasteiger partial charge in [0.1, 0.15) is 5.75 Å². The molecule has 1 aromatic carbocycles. The van der Waals surface area contributed by atoms with Gasteiger partial charge in [0, 0.05) is 5.69 Å². The van der Waals surface area contributed by atoms with Crippen molar-refractivity contribution in [3.63, 3.8) is 0 Å². The van der Waals surface area contributed by atoms with Gasteiger partial charge in [-0.25, -0.2) is 8.78 Å². The second-order valence-electron chi connectivity index (χ2n) is 3.38. The van der Waals surface area contributed by atoms with Crippen LogP contribution in [0.4, 0.5) is 23.2 Å². The van der Waals surface area contributed by atoms with E-state index >= 15 is 0 Å². The minimum Gasteiger partial charge on any atom is -0.508 e. The van der Waals surface area contributed by atoms with E-state index in [9.17, 15) is 22.4 Å². The van der Waals surface area contributed by atoms with Gasteiger partial charge in [-0.3, -0.25) is 4.79 Å². The largest absolute Gasteiger partial charge is 0.508 e. The number of hydrogen-bond donors (Lipinski definition) is 2. The lowest BCUT2D eigenvalue weighted by molar-refractivity contribution is -0.163. The summed E-state index contributed by atoms with van der Waals surface area (Å²) in [7, 11) is 0. The van der Waals surface area contributed by atoms with E-state index < -0.39 is 18.3 Å². The minimum atomic E-state index is -4.74.